The Balaban J connectivity index is 2.62. The SMILES string of the molecule is C=C[C@H](OCc1ccc(OC)cc1)C(C)(C)C=O. The highest BCUT2D eigenvalue weighted by atomic mass is 16.5. The molecule has 18 heavy (non-hydrogen) atoms. The first-order valence-corrected chi connectivity index (χ1v) is 5.87. The van der Waals surface area contributed by atoms with Crippen LogP contribution in [0.1, 0.15) is 19.4 Å². The summed E-state index contributed by atoms with van der Waals surface area (Å²) in [7, 11) is 1.63. The summed E-state index contributed by atoms with van der Waals surface area (Å²) in [5.41, 5.74) is 0.471. The van der Waals surface area contributed by atoms with E-state index in [1.807, 2.05) is 38.1 Å². The molecule has 0 aliphatic heterocycles. The van der Waals surface area contributed by atoms with Gasteiger partial charge in [0.05, 0.1) is 25.2 Å². The number of hydrogen-bond donors (Lipinski definition) is 0. The average molecular weight is 248 g/mol. The van der Waals surface area contributed by atoms with Crippen LogP contribution in [0, 0.1) is 5.41 Å². The van der Waals surface area contributed by atoms with Crippen LogP contribution >= 0.6 is 0 Å². The molecule has 0 aromatic heterocycles. The Labute approximate surface area is 108 Å². The minimum absolute atomic E-state index is 0.294. The van der Waals surface area contributed by atoms with Crippen molar-refractivity contribution < 1.29 is 14.3 Å². The van der Waals surface area contributed by atoms with E-state index < -0.39 is 5.41 Å². The second kappa shape index (κ2) is 6.36. The van der Waals surface area contributed by atoms with E-state index in [0.29, 0.717) is 6.61 Å². The molecule has 0 fully saturated rings. The van der Waals surface area contributed by atoms with E-state index in [4.69, 9.17) is 9.47 Å². The lowest BCUT2D eigenvalue weighted by Gasteiger charge is -2.26. The molecule has 0 heterocycles. The second-order valence-electron chi connectivity index (χ2n) is 4.75. The Morgan fingerprint density at radius 3 is 2.39 bits per heavy atom. The third-order valence-electron chi connectivity index (χ3n) is 2.84. The van der Waals surface area contributed by atoms with Crippen molar-refractivity contribution in [2.45, 2.75) is 26.6 Å². The van der Waals surface area contributed by atoms with E-state index in [1.165, 1.54) is 0 Å². The molecule has 1 aromatic carbocycles. The lowest BCUT2D eigenvalue weighted by Crippen LogP contribution is -2.31. The van der Waals surface area contributed by atoms with E-state index in [1.54, 1.807) is 13.2 Å². The molecule has 0 bridgehead atoms. The van der Waals surface area contributed by atoms with Crippen LogP contribution in [0.4, 0.5) is 0 Å². The molecule has 3 heteroatoms. The Kier molecular flexibility index (Phi) is 5.10. The molecular weight excluding hydrogens is 228 g/mol. The Hall–Kier alpha value is -1.61. The van der Waals surface area contributed by atoms with E-state index >= 15 is 0 Å². The second-order valence-corrected chi connectivity index (χ2v) is 4.75. The molecule has 0 aliphatic rings. The lowest BCUT2D eigenvalue weighted by atomic mass is 9.88. The number of ether oxygens (including phenoxy) is 2. The molecule has 98 valence electrons. The fourth-order valence-electron chi connectivity index (χ4n) is 1.56. The van der Waals surface area contributed by atoms with Gasteiger partial charge in [-0.25, -0.2) is 0 Å². The maximum Gasteiger partial charge on any atom is 0.128 e. The fraction of sp³-hybridized carbons (Fsp3) is 0.400. The van der Waals surface area contributed by atoms with Crippen molar-refractivity contribution in [2.24, 2.45) is 5.41 Å². The molecule has 1 aromatic rings. The van der Waals surface area contributed by atoms with E-state index in [9.17, 15) is 4.79 Å². The topological polar surface area (TPSA) is 35.5 Å². The first-order valence-electron chi connectivity index (χ1n) is 5.87. The highest BCUT2D eigenvalue weighted by Crippen LogP contribution is 2.23. The normalized spacial score (nSPS) is 12.8. The number of benzene rings is 1. The summed E-state index contributed by atoms with van der Waals surface area (Å²) in [5.74, 6) is 0.812. The van der Waals surface area contributed by atoms with Crippen molar-refractivity contribution in [2.75, 3.05) is 7.11 Å². The number of carbonyl (C=O) groups excluding carboxylic acids is 1. The molecule has 0 radical (unpaired) electrons. The largest absolute Gasteiger partial charge is 0.497 e. The molecule has 0 saturated heterocycles. The van der Waals surface area contributed by atoms with Crippen LogP contribution in [-0.4, -0.2) is 19.5 Å². The Morgan fingerprint density at radius 1 is 1.33 bits per heavy atom. The zero-order chi connectivity index (χ0) is 13.6. The minimum Gasteiger partial charge on any atom is -0.497 e. The van der Waals surface area contributed by atoms with Gasteiger partial charge in [0.1, 0.15) is 12.0 Å². The molecular formula is C15H20O3. The van der Waals surface area contributed by atoms with Gasteiger partial charge in [-0.15, -0.1) is 6.58 Å². The highest BCUT2D eigenvalue weighted by molar-refractivity contribution is 5.59. The van der Waals surface area contributed by atoms with Crippen LogP contribution in [0.25, 0.3) is 0 Å². The van der Waals surface area contributed by atoms with E-state index in [0.717, 1.165) is 17.6 Å². The molecule has 1 rings (SSSR count). The number of aldehydes is 1. The highest BCUT2D eigenvalue weighted by Gasteiger charge is 2.27. The minimum atomic E-state index is -0.561. The third kappa shape index (κ3) is 3.70. The monoisotopic (exact) mass is 248 g/mol. The van der Waals surface area contributed by atoms with Crippen molar-refractivity contribution in [1.29, 1.82) is 0 Å². The molecule has 1 atom stereocenters. The fourth-order valence-corrected chi connectivity index (χ4v) is 1.56. The zero-order valence-corrected chi connectivity index (χ0v) is 11.2. The van der Waals surface area contributed by atoms with Gasteiger partial charge in [-0.1, -0.05) is 32.1 Å². The summed E-state index contributed by atoms with van der Waals surface area (Å²) in [4.78, 5) is 11.0. The van der Waals surface area contributed by atoms with Crippen LogP contribution in [0.3, 0.4) is 0 Å². The van der Waals surface area contributed by atoms with Gasteiger partial charge in [0.25, 0.3) is 0 Å². The van der Waals surface area contributed by atoms with Crippen molar-refractivity contribution in [1.82, 2.24) is 0 Å². The summed E-state index contributed by atoms with van der Waals surface area (Å²) in [5, 5.41) is 0. The first kappa shape index (κ1) is 14.5. The van der Waals surface area contributed by atoms with Crippen LogP contribution in [0.15, 0.2) is 36.9 Å². The van der Waals surface area contributed by atoms with Gasteiger partial charge >= 0.3 is 0 Å². The summed E-state index contributed by atoms with van der Waals surface area (Å²) < 4.78 is 10.8. The van der Waals surface area contributed by atoms with Gasteiger partial charge in [0, 0.05) is 0 Å². The zero-order valence-electron chi connectivity index (χ0n) is 11.2. The standard InChI is InChI=1S/C15H20O3/c1-5-14(15(2,3)11-16)18-10-12-6-8-13(17-4)9-7-12/h5-9,11,14H,1,10H2,2-4H3/t14-/m0/s1. The van der Waals surface area contributed by atoms with Crippen LogP contribution in [0.5, 0.6) is 5.75 Å². The molecule has 0 N–H and O–H groups in total. The van der Waals surface area contributed by atoms with Crippen molar-refractivity contribution in [3.05, 3.63) is 42.5 Å². The van der Waals surface area contributed by atoms with Crippen molar-refractivity contribution in [3.8, 4) is 5.75 Å². The van der Waals surface area contributed by atoms with Crippen molar-refractivity contribution >= 4 is 6.29 Å². The summed E-state index contributed by atoms with van der Waals surface area (Å²) in [6, 6.07) is 7.64. The lowest BCUT2D eigenvalue weighted by molar-refractivity contribution is -0.121. The number of rotatable bonds is 7. The molecule has 0 aliphatic carbocycles. The number of carbonyl (C=O) groups is 1. The predicted octanol–water partition coefficient (Wildman–Crippen LogP) is 2.99. The smallest absolute Gasteiger partial charge is 0.128 e. The molecule has 0 spiro atoms. The van der Waals surface area contributed by atoms with E-state index in [-0.39, 0.29) is 6.10 Å². The quantitative estimate of drug-likeness (QED) is 0.549. The Bertz CT molecular complexity index is 393. The predicted molar refractivity (Wildman–Crippen MR) is 71.6 cm³/mol. The van der Waals surface area contributed by atoms with Crippen molar-refractivity contribution in [3.63, 3.8) is 0 Å². The van der Waals surface area contributed by atoms with Crippen LogP contribution < -0.4 is 4.74 Å². The van der Waals surface area contributed by atoms with Crippen LogP contribution in [-0.2, 0) is 16.1 Å². The molecule has 0 saturated carbocycles. The molecule has 3 nitrogen and oxygen atoms in total. The first-order chi connectivity index (χ1) is 8.53. The van der Waals surface area contributed by atoms with E-state index in [2.05, 4.69) is 6.58 Å². The van der Waals surface area contributed by atoms with Gasteiger partial charge in [0.2, 0.25) is 0 Å². The Morgan fingerprint density at radius 2 is 1.94 bits per heavy atom. The third-order valence-corrected chi connectivity index (χ3v) is 2.84. The average Bonchev–Trinajstić information content (AvgIpc) is 2.40. The van der Waals surface area contributed by atoms with Gasteiger partial charge in [0.15, 0.2) is 0 Å². The molecule has 0 unspecified atom stereocenters. The number of methoxy groups -OCH3 is 1. The van der Waals surface area contributed by atoms with Gasteiger partial charge in [-0.3, -0.25) is 0 Å². The van der Waals surface area contributed by atoms with Gasteiger partial charge in [-0.2, -0.15) is 0 Å². The summed E-state index contributed by atoms with van der Waals surface area (Å²) >= 11 is 0. The summed E-state index contributed by atoms with van der Waals surface area (Å²) in [6.45, 7) is 7.82. The summed E-state index contributed by atoms with van der Waals surface area (Å²) in [6.07, 6.45) is 2.27. The van der Waals surface area contributed by atoms with Gasteiger partial charge in [-0.05, 0) is 17.7 Å². The maximum atomic E-state index is 11.0. The maximum absolute atomic E-state index is 11.0. The molecule has 0 amide bonds. The van der Waals surface area contributed by atoms with Gasteiger partial charge < -0.3 is 14.3 Å². The van der Waals surface area contributed by atoms with Crippen LogP contribution in [0.2, 0.25) is 0 Å². The number of hydrogen-bond acceptors (Lipinski definition) is 3.